The van der Waals surface area contributed by atoms with Gasteiger partial charge in [-0.25, -0.2) is 9.97 Å². The SMILES string of the molecule is CC(=O)c1cc(C)cc(CCl)n1.CC(=O)c1cc(C)cc(CO)n1. The molecule has 1 N–H and O–H groups in total. The van der Waals surface area contributed by atoms with Crippen LogP contribution in [0.15, 0.2) is 24.3 Å². The van der Waals surface area contributed by atoms with Crippen molar-refractivity contribution in [3.63, 3.8) is 0 Å². The Kier molecular flexibility index (Phi) is 7.68. The molecule has 0 amide bonds. The van der Waals surface area contributed by atoms with Crippen LogP contribution in [0, 0.1) is 13.8 Å². The Labute approximate surface area is 146 Å². The summed E-state index contributed by atoms with van der Waals surface area (Å²) in [4.78, 5) is 29.9. The van der Waals surface area contributed by atoms with Crippen molar-refractivity contribution in [2.75, 3.05) is 0 Å². The average molecular weight is 349 g/mol. The van der Waals surface area contributed by atoms with E-state index in [-0.39, 0.29) is 18.2 Å². The number of rotatable bonds is 4. The maximum absolute atomic E-state index is 11.0. The van der Waals surface area contributed by atoms with E-state index in [0.717, 1.165) is 16.8 Å². The van der Waals surface area contributed by atoms with Gasteiger partial charge in [0.25, 0.3) is 0 Å². The van der Waals surface area contributed by atoms with Gasteiger partial charge >= 0.3 is 0 Å². The van der Waals surface area contributed by atoms with Gasteiger partial charge in [0.05, 0.1) is 23.9 Å². The molecule has 2 aromatic heterocycles. The van der Waals surface area contributed by atoms with Gasteiger partial charge in [0.1, 0.15) is 11.4 Å². The molecule has 0 aliphatic heterocycles. The van der Waals surface area contributed by atoms with Gasteiger partial charge in [-0.05, 0) is 49.2 Å². The highest BCUT2D eigenvalue weighted by molar-refractivity contribution is 6.16. The minimum absolute atomic E-state index is 0.0231. The van der Waals surface area contributed by atoms with Gasteiger partial charge in [0.2, 0.25) is 0 Å². The Morgan fingerprint density at radius 1 is 0.917 bits per heavy atom. The largest absolute Gasteiger partial charge is 0.390 e. The number of aliphatic hydroxyl groups is 1. The lowest BCUT2D eigenvalue weighted by molar-refractivity contribution is 0.1000. The normalized spacial score (nSPS) is 9.92. The zero-order chi connectivity index (χ0) is 18.3. The van der Waals surface area contributed by atoms with Gasteiger partial charge in [-0.1, -0.05) is 0 Å². The van der Waals surface area contributed by atoms with Crippen molar-refractivity contribution in [3.05, 3.63) is 58.2 Å². The molecule has 0 spiro atoms. The molecule has 0 atom stereocenters. The average Bonchev–Trinajstić information content (AvgIpc) is 2.54. The van der Waals surface area contributed by atoms with Crippen molar-refractivity contribution in [2.24, 2.45) is 0 Å². The van der Waals surface area contributed by atoms with Gasteiger partial charge in [-0.15, -0.1) is 11.6 Å². The van der Waals surface area contributed by atoms with Crippen molar-refractivity contribution >= 4 is 23.2 Å². The minimum atomic E-state index is -0.123. The van der Waals surface area contributed by atoms with Crippen LogP contribution >= 0.6 is 11.6 Å². The van der Waals surface area contributed by atoms with Crippen LogP contribution in [-0.2, 0) is 12.5 Å². The molecular formula is C18H21ClN2O3. The van der Waals surface area contributed by atoms with Crippen molar-refractivity contribution in [3.8, 4) is 0 Å². The number of hydrogen-bond donors (Lipinski definition) is 1. The molecule has 0 saturated heterocycles. The summed E-state index contributed by atoms with van der Waals surface area (Å²) in [7, 11) is 0. The first-order chi connectivity index (χ1) is 11.3. The number of carbonyl (C=O) groups is 2. The molecule has 128 valence electrons. The van der Waals surface area contributed by atoms with Crippen LogP contribution in [0.3, 0.4) is 0 Å². The number of ketones is 2. The lowest BCUT2D eigenvalue weighted by Crippen LogP contribution is -2.01. The third-order valence-corrected chi connectivity index (χ3v) is 3.34. The monoisotopic (exact) mass is 348 g/mol. The predicted molar refractivity (Wildman–Crippen MR) is 93.4 cm³/mol. The molecule has 0 aliphatic carbocycles. The molecule has 0 saturated carbocycles. The molecule has 0 unspecified atom stereocenters. The molecule has 24 heavy (non-hydrogen) atoms. The van der Waals surface area contributed by atoms with Crippen molar-refractivity contribution in [1.82, 2.24) is 9.97 Å². The second-order valence-corrected chi connectivity index (χ2v) is 5.71. The standard InChI is InChI=1S/C9H10ClNO.C9H11NO2/c1-6-3-8(5-10)11-9(4-6)7(2)12;1-6-3-8(5-11)10-9(4-6)7(2)12/h3-4H,5H2,1-2H3;3-4,11H,5H2,1-2H3. The first-order valence-corrected chi connectivity index (χ1v) is 7.94. The Morgan fingerprint density at radius 3 is 1.71 bits per heavy atom. The number of aryl methyl sites for hydroxylation is 2. The number of carbonyl (C=O) groups excluding carboxylic acids is 2. The van der Waals surface area contributed by atoms with Crippen LogP contribution in [0.2, 0.25) is 0 Å². The summed E-state index contributed by atoms with van der Waals surface area (Å²) in [6.07, 6.45) is 0. The first-order valence-electron chi connectivity index (χ1n) is 7.40. The van der Waals surface area contributed by atoms with Crippen molar-refractivity contribution in [1.29, 1.82) is 0 Å². The molecule has 0 aliphatic rings. The second kappa shape index (κ2) is 9.25. The number of hydrogen-bond acceptors (Lipinski definition) is 5. The van der Waals surface area contributed by atoms with Gasteiger partial charge < -0.3 is 5.11 Å². The van der Waals surface area contributed by atoms with E-state index >= 15 is 0 Å². The Morgan fingerprint density at radius 2 is 1.33 bits per heavy atom. The number of nitrogens with zero attached hydrogens (tertiary/aromatic N) is 2. The number of halogens is 1. The minimum Gasteiger partial charge on any atom is -0.390 e. The zero-order valence-corrected chi connectivity index (χ0v) is 15.0. The van der Waals surface area contributed by atoms with Gasteiger partial charge in [0, 0.05) is 13.8 Å². The molecule has 2 heterocycles. The molecule has 0 bridgehead atoms. The Hall–Kier alpha value is -2.11. The van der Waals surface area contributed by atoms with E-state index in [9.17, 15) is 9.59 Å². The summed E-state index contributed by atoms with van der Waals surface area (Å²) in [5, 5.41) is 8.79. The molecule has 0 aromatic carbocycles. The highest BCUT2D eigenvalue weighted by Gasteiger charge is 2.04. The van der Waals surface area contributed by atoms with Gasteiger partial charge in [0.15, 0.2) is 11.6 Å². The van der Waals surface area contributed by atoms with Crippen LogP contribution in [0.25, 0.3) is 0 Å². The highest BCUT2D eigenvalue weighted by Crippen LogP contribution is 2.08. The summed E-state index contributed by atoms with van der Waals surface area (Å²) in [5.41, 5.74) is 4.16. The molecular weight excluding hydrogens is 328 g/mol. The summed E-state index contributed by atoms with van der Waals surface area (Å²) in [5.74, 6) is 0.251. The predicted octanol–water partition coefficient (Wildman–Crippen LogP) is 3.42. The van der Waals surface area contributed by atoms with Gasteiger partial charge in [-0.2, -0.15) is 0 Å². The maximum Gasteiger partial charge on any atom is 0.178 e. The van der Waals surface area contributed by atoms with E-state index < -0.39 is 0 Å². The molecule has 2 rings (SSSR count). The lowest BCUT2D eigenvalue weighted by Gasteiger charge is -2.00. The van der Waals surface area contributed by atoms with Crippen LogP contribution < -0.4 is 0 Å². The third kappa shape index (κ3) is 6.18. The van der Waals surface area contributed by atoms with E-state index in [4.69, 9.17) is 16.7 Å². The number of aromatic nitrogens is 2. The summed E-state index contributed by atoms with van der Waals surface area (Å²) in [6, 6.07) is 7.10. The molecule has 0 radical (unpaired) electrons. The smallest absolute Gasteiger partial charge is 0.178 e. The molecule has 2 aromatic rings. The Balaban J connectivity index is 0.000000240. The van der Waals surface area contributed by atoms with E-state index in [1.54, 1.807) is 18.2 Å². The third-order valence-electron chi connectivity index (χ3n) is 3.07. The summed E-state index contributed by atoms with van der Waals surface area (Å²) in [6.45, 7) is 6.63. The van der Waals surface area contributed by atoms with Crippen LogP contribution in [0.1, 0.15) is 57.3 Å². The van der Waals surface area contributed by atoms with Gasteiger partial charge in [-0.3, -0.25) is 9.59 Å². The zero-order valence-electron chi connectivity index (χ0n) is 14.3. The Bertz CT molecular complexity index is 682. The fraction of sp³-hybridized carbons (Fsp3) is 0.333. The summed E-state index contributed by atoms with van der Waals surface area (Å²) >= 11 is 5.60. The topological polar surface area (TPSA) is 80.2 Å². The number of Topliss-reactive ketones (excluding diaryl/α,β-unsaturated/α-hetero) is 2. The lowest BCUT2D eigenvalue weighted by atomic mass is 10.2. The van der Waals surface area contributed by atoms with E-state index in [0.29, 0.717) is 23.0 Å². The number of alkyl halides is 1. The van der Waals surface area contributed by atoms with Crippen molar-refractivity contribution in [2.45, 2.75) is 40.2 Å². The van der Waals surface area contributed by atoms with E-state index in [2.05, 4.69) is 9.97 Å². The molecule has 6 heteroatoms. The number of pyridine rings is 2. The van der Waals surface area contributed by atoms with Crippen LogP contribution in [-0.4, -0.2) is 26.6 Å². The quantitative estimate of drug-likeness (QED) is 0.676. The van der Waals surface area contributed by atoms with Crippen LogP contribution in [0.5, 0.6) is 0 Å². The second-order valence-electron chi connectivity index (χ2n) is 5.45. The molecule has 0 fully saturated rings. The fourth-order valence-electron chi connectivity index (χ4n) is 1.99. The summed E-state index contributed by atoms with van der Waals surface area (Å²) < 4.78 is 0. The fourth-order valence-corrected chi connectivity index (χ4v) is 2.13. The maximum atomic E-state index is 11.0. The number of aliphatic hydroxyl groups excluding tert-OH is 1. The highest BCUT2D eigenvalue weighted by atomic mass is 35.5. The van der Waals surface area contributed by atoms with E-state index in [1.807, 2.05) is 19.9 Å². The molecule has 5 nitrogen and oxygen atoms in total. The first kappa shape index (κ1) is 19.9. The van der Waals surface area contributed by atoms with Crippen LogP contribution in [0.4, 0.5) is 0 Å². The van der Waals surface area contributed by atoms with Crippen molar-refractivity contribution < 1.29 is 14.7 Å². The van der Waals surface area contributed by atoms with E-state index in [1.165, 1.54) is 13.8 Å².